The molecule has 0 saturated heterocycles. The molecule has 0 N–H and O–H groups in total. The number of aryl methyl sites for hydroxylation is 3. The SMILES string of the molecule is CCCN(C(=O)c1c(C)nn2c(-c3ccc(CC)cc3Cl)c(C)oc12)c1ccccc1. The molecule has 6 heteroatoms. The van der Waals surface area contributed by atoms with Crippen LogP contribution in [0.3, 0.4) is 0 Å². The van der Waals surface area contributed by atoms with Crippen molar-refractivity contribution in [1.82, 2.24) is 9.61 Å². The Morgan fingerprint density at radius 1 is 1.13 bits per heavy atom. The Kier molecular flexibility index (Phi) is 5.88. The molecule has 0 aliphatic rings. The standard InChI is InChI=1S/C25H26ClN3O2/c1-5-14-28(19-10-8-7-9-11-19)24(30)22-16(3)27-29-23(17(4)31-25(22)29)20-13-12-18(6-2)15-21(20)26/h7-13,15H,5-6,14H2,1-4H3. The summed E-state index contributed by atoms with van der Waals surface area (Å²) in [5.41, 5.74) is 5.18. The van der Waals surface area contributed by atoms with E-state index in [1.807, 2.05) is 56.3 Å². The second-order valence-electron chi connectivity index (χ2n) is 7.64. The number of benzene rings is 2. The summed E-state index contributed by atoms with van der Waals surface area (Å²) in [7, 11) is 0. The third-order valence-electron chi connectivity index (χ3n) is 5.48. The molecule has 1 amide bonds. The summed E-state index contributed by atoms with van der Waals surface area (Å²) in [5.74, 6) is 0.553. The summed E-state index contributed by atoms with van der Waals surface area (Å²) in [6, 6.07) is 15.7. The average Bonchev–Trinajstić information content (AvgIpc) is 3.24. The molecule has 31 heavy (non-hydrogen) atoms. The van der Waals surface area contributed by atoms with Gasteiger partial charge in [-0.05, 0) is 50.5 Å². The highest BCUT2D eigenvalue weighted by Gasteiger charge is 2.28. The molecule has 5 nitrogen and oxygen atoms in total. The lowest BCUT2D eigenvalue weighted by molar-refractivity contribution is 0.0987. The molecule has 0 bridgehead atoms. The van der Waals surface area contributed by atoms with E-state index in [0.717, 1.165) is 35.3 Å². The smallest absolute Gasteiger partial charge is 0.265 e. The van der Waals surface area contributed by atoms with Gasteiger partial charge < -0.3 is 9.32 Å². The quantitative estimate of drug-likeness (QED) is 0.348. The number of hydrogen-bond donors (Lipinski definition) is 0. The highest BCUT2D eigenvalue weighted by atomic mass is 35.5. The molecule has 0 fully saturated rings. The maximum Gasteiger partial charge on any atom is 0.265 e. The Morgan fingerprint density at radius 2 is 1.87 bits per heavy atom. The molecule has 2 aromatic carbocycles. The minimum Gasteiger partial charge on any atom is -0.440 e. The second kappa shape index (κ2) is 8.60. The molecule has 0 aliphatic heterocycles. The fourth-order valence-electron chi connectivity index (χ4n) is 3.93. The normalized spacial score (nSPS) is 11.3. The van der Waals surface area contributed by atoms with Gasteiger partial charge in [-0.15, -0.1) is 0 Å². The molecule has 2 heterocycles. The molecule has 160 valence electrons. The predicted molar refractivity (Wildman–Crippen MR) is 125 cm³/mol. The van der Waals surface area contributed by atoms with Crippen molar-refractivity contribution < 1.29 is 9.21 Å². The highest BCUT2D eigenvalue weighted by Crippen LogP contribution is 2.35. The molecule has 2 aromatic heterocycles. The number of carbonyl (C=O) groups excluding carboxylic acids is 1. The van der Waals surface area contributed by atoms with Crippen LogP contribution in [-0.2, 0) is 6.42 Å². The summed E-state index contributed by atoms with van der Waals surface area (Å²) in [6.45, 7) is 8.47. The van der Waals surface area contributed by atoms with Gasteiger partial charge in [-0.2, -0.15) is 9.61 Å². The average molecular weight is 436 g/mol. The molecule has 0 spiro atoms. The number of halogens is 1. The fourth-order valence-corrected chi connectivity index (χ4v) is 4.22. The van der Waals surface area contributed by atoms with Crippen molar-refractivity contribution >= 4 is 28.9 Å². The van der Waals surface area contributed by atoms with Gasteiger partial charge in [0.25, 0.3) is 5.91 Å². The maximum absolute atomic E-state index is 13.6. The van der Waals surface area contributed by atoms with Crippen molar-refractivity contribution in [2.24, 2.45) is 0 Å². The number of fused-ring (bicyclic) bond motifs is 1. The van der Waals surface area contributed by atoms with Crippen molar-refractivity contribution in [3.8, 4) is 11.3 Å². The Balaban J connectivity index is 1.85. The van der Waals surface area contributed by atoms with Crippen LogP contribution >= 0.6 is 11.6 Å². The first kappa shape index (κ1) is 21.2. The molecule has 0 saturated carbocycles. The van der Waals surface area contributed by atoms with Gasteiger partial charge in [0.15, 0.2) is 0 Å². The lowest BCUT2D eigenvalue weighted by Gasteiger charge is -2.21. The Bertz CT molecular complexity index is 1240. The van der Waals surface area contributed by atoms with Crippen molar-refractivity contribution in [2.45, 2.75) is 40.5 Å². The van der Waals surface area contributed by atoms with Crippen LogP contribution in [0.4, 0.5) is 5.69 Å². The minimum absolute atomic E-state index is 0.117. The number of nitrogens with zero attached hydrogens (tertiary/aromatic N) is 3. The first-order valence-corrected chi connectivity index (χ1v) is 11.0. The highest BCUT2D eigenvalue weighted by molar-refractivity contribution is 6.33. The van der Waals surface area contributed by atoms with Gasteiger partial charge in [0.1, 0.15) is 17.0 Å². The number of aromatic nitrogens is 2. The largest absolute Gasteiger partial charge is 0.440 e. The van der Waals surface area contributed by atoms with E-state index in [1.165, 1.54) is 0 Å². The first-order valence-electron chi connectivity index (χ1n) is 10.6. The number of oxazole rings is 1. The van der Waals surface area contributed by atoms with E-state index >= 15 is 0 Å². The van der Waals surface area contributed by atoms with Crippen LogP contribution in [0.1, 0.15) is 47.6 Å². The van der Waals surface area contributed by atoms with E-state index in [-0.39, 0.29) is 5.91 Å². The summed E-state index contributed by atoms with van der Waals surface area (Å²) < 4.78 is 7.80. The van der Waals surface area contributed by atoms with E-state index < -0.39 is 0 Å². The van der Waals surface area contributed by atoms with Gasteiger partial charge in [0.05, 0.1) is 10.7 Å². The van der Waals surface area contributed by atoms with Gasteiger partial charge in [0.2, 0.25) is 5.71 Å². The Morgan fingerprint density at radius 3 is 2.52 bits per heavy atom. The lowest BCUT2D eigenvalue weighted by Crippen LogP contribution is -2.32. The molecule has 0 radical (unpaired) electrons. The number of hydrogen-bond acceptors (Lipinski definition) is 3. The molecule has 0 aliphatic carbocycles. The van der Waals surface area contributed by atoms with E-state index in [9.17, 15) is 4.79 Å². The zero-order chi connectivity index (χ0) is 22.1. The Hall–Kier alpha value is -3.05. The summed E-state index contributed by atoms with van der Waals surface area (Å²) in [5, 5.41) is 5.31. The van der Waals surface area contributed by atoms with Crippen LogP contribution in [0.15, 0.2) is 52.9 Å². The van der Waals surface area contributed by atoms with Crippen LogP contribution in [-0.4, -0.2) is 22.1 Å². The molecular weight excluding hydrogens is 410 g/mol. The summed E-state index contributed by atoms with van der Waals surface area (Å²) in [6.07, 6.45) is 1.75. The summed E-state index contributed by atoms with van der Waals surface area (Å²) in [4.78, 5) is 15.4. The fraction of sp³-hybridized carbons (Fsp3) is 0.280. The third kappa shape index (κ3) is 3.74. The zero-order valence-electron chi connectivity index (χ0n) is 18.3. The number of anilines is 1. The van der Waals surface area contributed by atoms with E-state index in [4.69, 9.17) is 16.0 Å². The van der Waals surface area contributed by atoms with Gasteiger partial charge >= 0.3 is 0 Å². The molecule has 0 atom stereocenters. The molecule has 4 rings (SSSR count). The van der Waals surface area contributed by atoms with Gasteiger partial charge in [-0.25, -0.2) is 0 Å². The summed E-state index contributed by atoms with van der Waals surface area (Å²) >= 11 is 6.59. The van der Waals surface area contributed by atoms with Crippen LogP contribution in [0.5, 0.6) is 0 Å². The Labute approximate surface area is 187 Å². The van der Waals surface area contributed by atoms with Crippen molar-refractivity contribution in [1.29, 1.82) is 0 Å². The van der Waals surface area contributed by atoms with Crippen LogP contribution < -0.4 is 4.90 Å². The number of carbonyl (C=O) groups is 1. The van der Waals surface area contributed by atoms with Gasteiger partial charge in [-0.1, -0.05) is 55.8 Å². The number of para-hydroxylation sites is 1. The lowest BCUT2D eigenvalue weighted by atomic mass is 10.1. The van der Waals surface area contributed by atoms with Crippen molar-refractivity contribution in [3.05, 3.63) is 76.1 Å². The van der Waals surface area contributed by atoms with Crippen LogP contribution in [0.2, 0.25) is 5.02 Å². The first-order chi connectivity index (χ1) is 15.0. The predicted octanol–water partition coefficient (Wildman–Crippen LogP) is 6.48. The van der Waals surface area contributed by atoms with Gasteiger partial charge in [-0.3, -0.25) is 4.79 Å². The molecule has 4 aromatic rings. The number of rotatable bonds is 6. The van der Waals surface area contributed by atoms with E-state index in [0.29, 0.717) is 34.3 Å². The maximum atomic E-state index is 13.6. The van der Waals surface area contributed by atoms with E-state index in [1.54, 1.807) is 9.42 Å². The third-order valence-corrected chi connectivity index (χ3v) is 5.80. The topological polar surface area (TPSA) is 50.8 Å². The number of amides is 1. The molecule has 0 unspecified atom stereocenters. The van der Waals surface area contributed by atoms with Crippen molar-refractivity contribution in [3.63, 3.8) is 0 Å². The molecular formula is C25H26ClN3O2. The van der Waals surface area contributed by atoms with E-state index in [2.05, 4.69) is 25.0 Å². The van der Waals surface area contributed by atoms with Crippen LogP contribution in [0, 0.1) is 13.8 Å². The monoisotopic (exact) mass is 435 g/mol. The second-order valence-corrected chi connectivity index (χ2v) is 8.05. The minimum atomic E-state index is -0.117. The van der Waals surface area contributed by atoms with Gasteiger partial charge in [0, 0.05) is 17.8 Å². The van der Waals surface area contributed by atoms with Crippen molar-refractivity contribution in [2.75, 3.05) is 11.4 Å². The van der Waals surface area contributed by atoms with Crippen LogP contribution in [0.25, 0.3) is 17.0 Å². The zero-order valence-corrected chi connectivity index (χ0v) is 19.0.